The highest BCUT2D eigenvalue weighted by Gasteiger charge is 2.03. The van der Waals surface area contributed by atoms with Crippen molar-refractivity contribution in [1.82, 2.24) is 15.3 Å². The van der Waals surface area contributed by atoms with Gasteiger partial charge in [-0.15, -0.1) is 11.8 Å². The number of benzene rings is 1. The summed E-state index contributed by atoms with van der Waals surface area (Å²) in [5.41, 5.74) is 1.08. The first-order valence-electron chi connectivity index (χ1n) is 6.75. The maximum Gasteiger partial charge on any atom is 0.124 e. The molecule has 0 radical (unpaired) electrons. The van der Waals surface area contributed by atoms with Crippen LogP contribution >= 0.6 is 11.8 Å². The van der Waals surface area contributed by atoms with E-state index in [0.717, 1.165) is 29.5 Å². The van der Waals surface area contributed by atoms with E-state index < -0.39 is 0 Å². The first-order chi connectivity index (χ1) is 9.63. The second kappa shape index (κ2) is 7.45. The van der Waals surface area contributed by atoms with Crippen molar-refractivity contribution in [2.75, 3.05) is 6.54 Å². The molecule has 5 heteroatoms. The van der Waals surface area contributed by atoms with Crippen molar-refractivity contribution in [3.05, 3.63) is 47.8 Å². The molecule has 1 aromatic carbocycles. The van der Waals surface area contributed by atoms with Crippen LogP contribution in [0.2, 0.25) is 0 Å². The summed E-state index contributed by atoms with van der Waals surface area (Å²) in [6.07, 6.45) is 1.86. The molecule has 0 aliphatic carbocycles. The minimum atomic E-state index is -0.201. The fourth-order valence-corrected chi connectivity index (χ4v) is 2.59. The number of aromatic amines is 1. The maximum atomic E-state index is 13.1. The predicted octanol–water partition coefficient (Wildman–Crippen LogP) is 3.59. The summed E-state index contributed by atoms with van der Waals surface area (Å²) < 4.78 is 13.1. The zero-order valence-electron chi connectivity index (χ0n) is 11.8. The van der Waals surface area contributed by atoms with Crippen molar-refractivity contribution < 1.29 is 4.39 Å². The van der Waals surface area contributed by atoms with Gasteiger partial charge in [0.1, 0.15) is 11.6 Å². The number of thioether (sulfide) groups is 1. The van der Waals surface area contributed by atoms with Gasteiger partial charge in [0.05, 0.1) is 5.75 Å². The van der Waals surface area contributed by atoms with E-state index in [-0.39, 0.29) is 5.82 Å². The molecule has 2 rings (SSSR count). The average molecular weight is 293 g/mol. The Labute approximate surface area is 123 Å². The Kier molecular flexibility index (Phi) is 5.61. The first kappa shape index (κ1) is 15.1. The third kappa shape index (κ3) is 4.98. The van der Waals surface area contributed by atoms with Crippen molar-refractivity contribution in [3.63, 3.8) is 0 Å². The SMILES string of the molecule is CC(C)CNCc1cnc(CSc2cccc(F)c2)[nH]1. The van der Waals surface area contributed by atoms with Crippen LogP contribution in [0.1, 0.15) is 25.4 Å². The molecule has 3 nitrogen and oxygen atoms in total. The van der Waals surface area contributed by atoms with Crippen LogP contribution in [0.15, 0.2) is 35.4 Å². The van der Waals surface area contributed by atoms with Gasteiger partial charge in [0, 0.05) is 23.3 Å². The molecule has 108 valence electrons. The van der Waals surface area contributed by atoms with Crippen LogP contribution in [-0.2, 0) is 12.3 Å². The molecule has 1 heterocycles. The Morgan fingerprint density at radius 2 is 2.25 bits per heavy atom. The predicted molar refractivity (Wildman–Crippen MR) is 81.1 cm³/mol. The fourth-order valence-electron chi connectivity index (χ4n) is 1.77. The lowest BCUT2D eigenvalue weighted by atomic mass is 10.2. The summed E-state index contributed by atoms with van der Waals surface area (Å²) in [6.45, 7) is 6.16. The van der Waals surface area contributed by atoms with Crippen LogP contribution in [0.25, 0.3) is 0 Å². The summed E-state index contributed by atoms with van der Waals surface area (Å²) in [6, 6.07) is 6.62. The molecule has 1 aromatic heterocycles. The Bertz CT molecular complexity index is 539. The van der Waals surface area contributed by atoms with Crippen molar-refractivity contribution in [2.24, 2.45) is 5.92 Å². The highest BCUT2D eigenvalue weighted by atomic mass is 32.2. The molecule has 0 amide bonds. The molecule has 0 saturated carbocycles. The lowest BCUT2D eigenvalue weighted by Crippen LogP contribution is -2.19. The van der Waals surface area contributed by atoms with E-state index in [9.17, 15) is 4.39 Å². The van der Waals surface area contributed by atoms with Crippen LogP contribution < -0.4 is 5.32 Å². The summed E-state index contributed by atoms with van der Waals surface area (Å²) in [4.78, 5) is 8.54. The molecule has 0 saturated heterocycles. The molecule has 0 unspecified atom stereocenters. The van der Waals surface area contributed by atoms with Crippen molar-refractivity contribution in [1.29, 1.82) is 0 Å². The molecule has 0 aliphatic heterocycles. The number of hydrogen-bond donors (Lipinski definition) is 2. The largest absolute Gasteiger partial charge is 0.344 e. The van der Waals surface area contributed by atoms with Gasteiger partial charge in [-0.2, -0.15) is 0 Å². The number of rotatable bonds is 7. The lowest BCUT2D eigenvalue weighted by Gasteiger charge is -2.05. The van der Waals surface area contributed by atoms with Crippen LogP contribution in [-0.4, -0.2) is 16.5 Å². The molecule has 0 atom stereocenters. The van der Waals surface area contributed by atoms with E-state index in [1.54, 1.807) is 23.9 Å². The van der Waals surface area contributed by atoms with Gasteiger partial charge >= 0.3 is 0 Å². The second-order valence-corrected chi connectivity index (χ2v) is 6.17. The van der Waals surface area contributed by atoms with Gasteiger partial charge in [0.15, 0.2) is 0 Å². The number of hydrogen-bond acceptors (Lipinski definition) is 3. The van der Waals surface area contributed by atoms with Crippen LogP contribution in [0.5, 0.6) is 0 Å². The molecular weight excluding hydrogens is 273 g/mol. The minimum Gasteiger partial charge on any atom is -0.344 e. The minimum absolute atomic E-state index is 0.201. The zero-order chi connectivity index (χ0) is 14.4. The molecule has 20 heavy (non-hydrogen) atoms. The Balaban J connectivity index is 1.80. The molecule has 0 fully saturated rings. The number of aromatic nitrogens is 2. The van der Waals surface area contributed by atoms with E-state index in [1.165, 1.54) is 6.07 Å². The van der Waals surface area contributed by atoms with Crippen molar-refractivity contribution >= 4 is 11.8 Å². The zero-order valence-corrected chi connectivity index (χ0v) is 12.6. The van der Waals surface area contributed by atoms with Gasteiger partial charge in [-0.05, 0) is 30.7 Å². The van der Waals surface area contributed by atoms with Gasteiger partial charge < -0.3 is 10.3 Å². The third-order valence-corrected chi connectivity index (χ3v) is 3.73. The molecule has 2 aromatic rings. The Morgan fingerprint density at radius 1 is 1.40 bits per heavy atom. The number of imidazole rings is 1. The number of nitrogens with one attached hydrogen (secondary N) is 2. The average Bonchev–Trinajstić information content (AvgIpc) is 2.84. The second-order valence-electron chi connectivity index (χ2n) is 5.13. The smallest absolute Gasteiger partial charge is 0.124 e. The fraction of sp³-hybridized carbons (Fsp3) is 0.400. The number of H-pyrrole nitrogens is 1. The summed E-state index contributed by atoms with van der Waals surface area (Å²) in [5.74, 6) is 2.07. The Hall–Kier alpha value is -1.33. The van der Waals surface area contributed by atoms with E-state index in [4.69, 9.17) is 0 Å². The first-order valence-corrected chi connectivity index (χ1v) is 7.74. The quantitative estimate of drug-likeness (QED) is 0.767. The number of nitrogens with zero attached hydrogens (tertiary/aromatic N) is 1. The molecule has 0 bridgehead atoms. The van der Waals surface area contributed by atoms with Gasteiger partial charge in [-0.1, -0.05) is 19.9 Å². The van der Waals surface area contributed by atoms with E-state index >= 15 is 0 Å². The van der Waals surface area contributed by atoms with Crippen LogP contribution in [0.4, 0.5) is 4.39 Å². The standard InChI is InChI=1S/C15H20FN3S/c1-11(2)7-17-8-13-9-18-15(19-13)10-20-14-5-3-4-12(16)6-14/h3-6,9,11,17H,7-8,10H2,1-2H3,(H,18,19). The van der Waals surface area contributed by atoms with Gasteiger partial charge in [0.2, 0.25) is 0 Å². The van der Waals surface area contributed by atoms with Gasteiger partial charge in [0.25, 0.3) is 0 Å². The van der Waals surface area contributed by atoms with E-state index in [1.807, 2.05) is 12.3 Å². The number of halogens is 1. The molecule has 2 N–H and O–H groups in total. The molecule has 0 spiro atoms. The lowest BCUT2D eigenvalue weighted by molar-refractivity contribution is 0.549. The molecule has 0 aliphatic rings. The summed E-state index contributed by atoms with van der Waals surface area (Å²) >= 11 is 1.58. The highest BCUT2D eigenvalue weighted by Crippen LogP contribution is 2.21. The normalized spacial score (nSPS) is 11.2. The molecular formula is C15H20FN3S. The topological polar surface area (TPSA) is 40.7 Å². The van der Waals surface area contributed by atoms with Crippen LogP contribution in [0, 0.1) is 11.7 Å². The summed E-state index contributed by atoms with van der Waals surface area (Å²) in [5, 5.41) is 3.37. The highest BCUT2D eigenvalue weighted by molar-refractivity contribution is 7.98. The van der Waals surface area contributed by atoms with Gasteiger partial charge in [-0.25, -0.2) is 9.37 Å². The van der Waals surface area contributed by atoms with E-state index in [2.05, 4.69) is 29.1 Å². The summed E-state index contributed by atoms with van der Waals surface area (Å²) in [7, 11) is 0. The van der Waals surface area contributed by atoms with Gasteiger partial charge in [-0.3, -0.25) is 0 Å². The monoisotopic (exact) mass is 293 g/mol. The maximum absolute atomic E-state index is 13.1. The van der Waals surface area contributed by atoms with Crippen molar-refractivity contribution in [3.8, 4) is 0 Å². The Morgan fingerprint density at radius 3 is 3.00 bits per heavy atom. The van der Waals surface area contributed by atoms with E-state index in [0.29, 0.717) is 11.7 Å². The third-order valence-electron chi connectivity index (χ3n) is 2.72. The van der Waals surface area contributed by atoms with Crippen molar-refractivity contribution in [2.45, 2.75) is 31.0 Å². The van der Waals surface area contributed by atoms with Crippen LogP contribution in [0.3, 0.4) is 0 Å².